The Morgan fingerprint density at radius 3 is 2.81 bits per heavy atom. The first-order valence-electron chi connectivity index (χ1n) is 8.32. The maximum atomic E-state index is 12.4. The first-order valence-corrected chi connectivity index (χ1v) is 9.13. The average Bonchev–Trinajstić information content (AvgIpc) is 3.30. The van der Waals surface area contributed by atoms with E-state index in [9.17, 15) is 9.59 Å². The van der Waals surface area contributed by atoms with Gasteiger partial charge in [-0.1, -0.05) is 11.3 Å². The molecule has 3 N–H and O–H groups in total. The van der Waals surface area contributed by atoms with Crippen molar-refractivity contribution in [1.29, 1.82) is 0 Å². The number of aliphatic hydroxyl groups excluding tert-OH is 1. The molecule has 0 aliphatic rings. The molecule has 0 aliphatic heterocycles. The van der Waals surface area contributed by atoms with Crippen LogP contribution in [-0.2, 0) is 4.79 Å². The number of carbonyl (C=O) groups excluding carboxylic acids is 2. The van der Waals surface area contributed by atoms with Gasteiger partial charge in [0.15, 0.2) is 5.13 Å². The van der Waals surface area contributed by atoms with Gasteiger partial charge in [-0.3, -0.25) is 9.59 Å². The molecule has 2 amide bonds. The van der Waals surface area contributed by atoms with Gasteiger partial charge < -0.3 is 20.3 Å². The molecule has 3 aromatic rings. The maximum absolute atomic E-state index is 12.4. The molecule has 0 unspecified atom stereocenters. The third-order valence-corrected chi connectivity index (χ3v) is 4.87. The van der Waals surface area contributed by atoms with E-state index in [1.54, 1.807) is 25.1 Å². The summed E-state index contributed by atoms with van der Waals surface area (Å²) in [4.78, 5) is 28.9. The lowest BCUT2D eigenvalue weighted by Crippen LogP contribution is -2.45. The molecule has 26 heavy (non-hydrogen) atoms. The summed E-state index contributed by atoms with van der Waals surface area (Å²) in [7, 11) is 0. The second-order valence-corrected chi connectivity index (χ2v) is 6.84. The molecule has 0 spiro atoms. The lowest BCUT2D eigenvalue weighted by molar-refractivity contribution is -0.122. The van der Waals surface area contributed by atoms with Gasteiger partial charge in [0.1, 0.15) is 6.04 Å². The van der Waals surface area contributed by atoms with Crippen LogP contribution in [0, 0.1) is 0 Å². The molecule has 0 bridgehead atoms. The first kappa shape index (κ1) is 18.1. The van der Waals surface area contributed by atoms with Crippen LogP contribution >= 0.6 is 11.3 Å². The van der Waals surface area contributed by atoms with Gasteiger partial charge in [0.2, 0.25) is 5.91 Å². The number of hydrogen-bond donors (Lipinski definition) is 3. The standard InChI is InChI=1S/C18H20N4O3S/c1-12(16(24)19-7-4-10-23)20-17(25)13-5-6-14-15(11-13)26-18(21-14)22-8-2-3-9-22/h2-3,5-6,8-9,11-12,23H,4,7,10H2,1H3,(H,19,24)(H,20,25)/t12-/m0/s1. The summed E-state index contributed by atoms with van der Waals surface area (Å²) >= 11 is 1.49. The van der Waals surface area contributed by atoms with Crippen molar-refractivity contribution in [2.75, 3.05) is 13.2 Å². The molecule has 3 rings (SSSR count). The molecule has 0 aliphatic carbocycles. The van der Waals surface area contributed by atoms with Gasteiger partial charge in [-0.15, -0.1) is 0 Å². The highest BCUT2D eigenvalue weighted by Crippen LogP contribution is 2.26. The lowest BCUT2D eigenvalue weighted by Gasteiger charge is -2.14. The van der Waals surface area contributed by atoms with Crippen molar-refractivity contribution in [2.45, 2.75) is 19.4 Å². The van der Waals surface area contributed by atoms with E-state index in [1.165, 1.54) is 11.3 Å². The Morgan fingerprint density at radius 1 is 1.31 bits per heavy atom. The summed E-state index contributed by atoms with van der Waals surface area (Å²) in [6, 6.07) is 8.49. The number of nitrogens with zero attached hydrogens (tertiary/aromatic N) is 2. The highest BCUT2D eigenvalue weighted by molar-refractivity contribution is 7.20. The molecule has 7 nitrogen and oxygen atoms in total. The third-order valence-electron chi connectivity index (χ3n) is 3.84. The lowest BCUT2D eigenvalue weighted by atomic mass is 10.2. The summed E-state index contributed by atoms with van der Waals surface area (Å²) in [5.41, 5.74) is 1.31. The highest BCUT2D eigenvalue weighted by Gasteiger charge is 2.17. The summed E-state index contributed by atoms with van der Waals surface area (Å²) < 4.78 is 2.82. The van der Waals surface area contributed by atoms with Crippen LogP contribution in [0.25, 0.3) is 15.3 Å². The minimum absolute atomic E-state index is 0.0148. The number of benzene rings is 1. The van der Waals surface area contributed by atoms with Crippen molar-refractivity contribution < 1.29 is 14.7 Å². The summed E-state index contributed by atoms with van der Waals surface area (Å²) in [6.07, 6.45) is 4.32. The average molecular weight is 372 g/mol. The molecule has 0 fully saturated rings. The number of amides is 2. The fraction of sp³-hybridized carbons (Fsp3) is 0.278. The normalized spacial score (nSPS) is 12.1. The van der Waals surface area contributed by atoms with Crippen molar-refractivity contribution in [1.82, 2.24) is 20.2 Å². The van der Waals surface area contributed by atoms with E-state index in [2.05, 4.69) is 15.6 Å². The zero-order chi connectivity index (χ0) is 18.5. The van der Waals surface area contributed by atoms with E-state index in [0.29, 0.717) is 18.5 Å². The van der Waals surface area contributed by atoms with Gasteiger partial charge in [-0.25, -0.2) is 4.98 Å². The Kier molecular flexibility index (Phi) is 5.65. The van der Waals surface area contributed by atoms with E-state index < -0.39 is 6.04 Å². The number of carbonyl (C=O) groups is 2. The molecule has 8 heteroatoms. The Bertz CT molecular complexity index is 904. The Morgan fingerprint density at radius 2 is 2.08 bits per heavy atom. The first-order chi connectivity index (χ1) is 12.6. The predicted molar refractivity (Wildman–Crippen MR) is 101 cm³/mol. The molecule has 2 aromatic heterocycles. The quantitative estimate of drug-likeness (QED) is 0.550. The smallest absolute Gasteiger partial charge is 0.251 e. The zero-order valence-corrected chi connectivity index (χ0v) is 15.1. The Labute approximate surface area is 154 Å². The second-order valence-electron chi connectivity index (χ2n) is 5.83. The van der Waals surface area contributed by atoms with Crippen LogP contribution in [0.2, 0.25) is 0 Å². The Hall–Kier alpha value is -2.71. The van der Waals surface area contributed by atoms with E-state index in [1.807, 2.05) is 29.1 Å². The number of hydrogen-bond acceptors (Lipinski definition) is 5. The van der Waals surface area contributed by atoms with E-state index >= 15 is 0 Å². The minimum Gasteiger partial charge on any atom is -0.396 e. The van der Waals surface area contributed by atoms with Gasteiger partial charge in [-0.05, 0) is 43.7 Å². The molecular weight excluding hydrogens is 352 g/mol. The van der Waals surface area contributed by atoms with Crippen LogP contribution < -0.4 is 10.6 Å². The van der Waals surface area contributed by atoms with E-state index in [4.69, 9.17) is 5.11 Å². The largest absolute Gasteiger partial charge is 0.396 e. The third kappa shape index (κ3) is 4.09. The van der Waals surface area contributed by atoms with Crippen molar-refractivity contribution in [3.63, 3.8) is 0 Å². The van der Waals surface area contributed by atoms with Gasteiger partial charge in [0.25, 0.3) is 5.91 Å². The highest BCUT2D eigenvalue weighted by atomic mass is 32.1. The van der Waals surface area contributed by atoms with Crippen LogP contribution in [0.4, 0.5) is 0 Å². The predicted octanol–water partition coefficient (Wildman–Crippen LogP) is 1.70. The number of rotatable bonds is 7. The fourth-order valence-electron chi connectivity index (χ4n) is 2.42. The van der Waals surface area contributed by atoms with Gasteiger partial charge >= 0.3 is 0 Å². The molecule has 0 saturated heterocycles. The van der Waals surface area contributed by atoms with Crippen molar-refractivity contribution in [3.8, 4) is 5.13 Å². The van der Waals surface area contributed by atoms with Crippen molar-refractivity contribution >= 4 is 33.4 Å². The molecule has 1 aromatic carbocycles. The summed E-state index contributed by atoms with van der Waals surface area (Å²) in [6.45, 7) is 2.02. The number of thiazole rings is 1. The zero-order valence-electron chi connectivity index (χ0n) is 14.3. The fourth-order valence-corrected chi connectivity index (χ4v) is 3.39. The number of fused-ring (bicyclic) bond motifs is 1. The number of aromatic nitrogens is 2. The summed E-state index contributed by atoms with van der Waals surface area (Å²) in [5.74, 6) is -0.590. The van der Waals surface area contributed by atoms with Gasteiger partial charge in [-0.2, -0.15) is 0 Å². The minimum atomic E-state index is -0.659. The van der Waals surface area contributed by atoms with Gasteiger partial charge in [0.05, 0.1) is 10.2 Å². The van der Waals surface area contributed by atoms with Crippen LogP contribution in [-0.4, -0.2) is 45.7 Å². The van der Waals surface area contributed by atoms with Crippen LogP contribution in [0.15, 0.2) is 42.7 Å². The SMILES string of the molecule is C[C@H](NC(=O)c1ccc2nc(-n3cccc3)sc2c1)C(=O)NCCCO. The van der Waals surface area contributed by atoms with Gasteiger partial charge in [0, 0.05) is 31.1 Å². The molecule has 1 atom stereocenters. The molecule has 136 valence electrons. The van der Waals surface area contributed by atoms with Crippen molar-refractivity contribution in [2.24, 2.45) is 0 Å². The van der Waals surface area contributed by atoms with E-state index in [-0.39, 0.29) is 18.4 Å². The van der Waals surface area contributed by atoms with Crippen molar-refractivity contribution in [3.05, 3.63) is 48.3 Å². The monoisotopic (exact) mass is 372 g/mol. The number of nitrogens with one attached hydrogen (secondary N) is 2. The molecule has 2 heterocycles. The van der Waals surface area contributed by atoms with Crippen LogP contribution in [0.5, 0.6) is 0 Å². The second kappa shape index (κ2) is 8.11. The Balaban J connectivity index is 1.69. The topological polar surface area (TPSA) is 96.2 Å². The summed E-state index contributed by atoms with van der Waals surface area (Å²) in [5, 5.41) is 14.9. The number of aliphatic hydroxyl groups is 1. The molecule has 0 saturated carbocycles. The molecule has 0 radical (unpaired) electrons. The van der Waals surface area contributed by atoms with Crippen LogP contribution in [0.3, 0.4) is 0 Å². The van der Waals surface area contributed by atoms with Crippen LogP contribution in [0.1, 0.15) is 23.7 Å². The maximum Gasteiger partial charge on any atom is 0.251 e. The van der Waals surface area contributed by atoms with E-state index in [0.717, 1.165) is 15.3 Å². The molecular formula is C18H20N4O3S.